The number of nitrogens with zero attached hydrogens (tertiary/aromatic N) is 1. The molecule has 0 aliphatic heterocycles. The van der Waals surface area contributed by atoms with Gasteiger partial charge in [-0.05, 0) is 37.4 Å². The van der Waals surface area contributed by atoms with Crippen LogP contribution in [0.4, 0.5) is 4.39 Å². The molecule has 0 unspecified atom stereocenters. The van der Waals surface area contributed by atoms with Crippen LogP contribution in [0.25, 0.3) is 0 Å². The predicted octanol–water partition coefficient (Wildman–Crippen LogP) is 3.47. The number of carbonyl (C=O) groups excluding carboxylic acids is 1. The van der Waals surface area contributed by atoms with Gasteiger partial charge in [-0.2, -0.15) is 0 Å². The van der Waals surface area contributed by atoms with E-state index in [1.807, 2.05) is 43.3 Å². The van der Waals surface area contributed by atoms with Crippen molar-refractivity contribution in [1.29, 1.82) is 0 Å². The third-order valence-corrected chi connectivity index (χ3v) is 3.55. The Labute approximate surface area is 134 Å². The zero-order valence-corrected chi connectivity index (χ0v) is 13.3. The zero-order valence-electron chi connectivity index (χ0n) is 12.6. The minimum atomic E-state index is -0.619. The van der Waals surface area contributed by atoms with Crippen LogP contribution >= 0.6 is 11.6 Å². The van der Waals surface area contributed by atoms with Crippen molar-refractivity contribution in [1.82, 2.24) is 10.2 Å². The summed E-state index contributed by atoms with van der Waals surface area (Å²) in [7, 11) is 3.96. The van der Waals surface area contributed by atoms with Gasteiger partial charge >= 0.3 is 0 Å². The van der Waals surface area contributed by atoms with Crippen molar-refractivity contribution in [2.75, 3.05) is 14.1 Å². The quantitative estimate of drug-likeness (QED) is 0.915. The lowest BCUT2D eigenvalue weighted by molar-refractivity contribution is 0.0947. The molecule has 3 nitrogen and oxygen atoms in total. The molecule has 0 heterocycles. The molecule has 5 heteroatoms. The lowest BCUT2D eigenvalue weighted by Gasteiger charge is -2.15. The molecular weight excluding hydrogens is 303 g/mol. The monoisotopic (exact) mass is 320 g/mol. The van der Waals surface area contributed by atoms with E-state index in [1.54, 1.807) is 0 Å². The summed E-state index contributed by atoms with van der Waals surface area (Å²) in [6, 6.07) is 12.0. The fourth-order valence-corrected chi connectivity index (χ4v) is 2.45. The third-order valence-electron chi connectivity index (χ3n) is 3.23. The van der Waals surface area contributed by atoms with Gasteiger partial charge in [-0.15, -0.1) is 0 Å². The molecule has 0 atom stereocenters. The fraction of sp³-hybridized carbons (Fsp3) is 0.235. The minimum absolute atomic E-state index is 0.110. The van der Waals surface area contributed by atoms with Gasteiger partial charge in [0.05, 0.1) is 10.6 Å². The van der Waals surface area contributed by atoms with E-state index in [-0.39, 0.29) is 10.6 Å². The molecule has 2 aromatic carbocycles. The number of halogens is 2. The normalized spacial score (nSPS) is 10.8. The highest BCUT2D eigenvalue weighted by Crippen LogP contribution is 2.19. The highest BCUT2D eigenvalue weighted by atomic mass is 35.5. The second-order valence-corrected chi connectivity index (χ2v) is 5.69. The van der Waals surface area contributed by atoms with Crippen molar-refractivity contribution in [2.24, 2.45) is 0 Å². The number of benzene rings is 2. The van der Waals surface area contributed by atoms with Gasteiger partial charge in [-0.1, -0.05) is 41.9 Å². The van der Waals surface area contributed by atoms with Gasteiger partial charge in [0.15, 0.2) is 0 Å². The van der Waals surface area contributed by atoms with Crippen LogP contribution in [-0.4, -0.2) is 24.9 Å². The van der Waals surface area contributed by atoms with Crippen LogP contribution in [0.3, 0.4) is 0 Å². The number of rotatable bonds is 5. The van der Waals surface area contributed by atoms with Crippen LogP contribution < -0.4 is 5.32 Å². The van der Waals surface area contributed by atoms with Crippen molar-refractivity contribution in [3.05, 3.63) is 70.0 Å². The topological polar surface area (TPSA) is 32.3 Å². The molecule has 0 saturated heterocycles. The maximum Gasteiger partial charge on any atom is 0.256 e. The van der Waals surface area contributed by atoms with E-state index in [4.69, 9.17) is 11.6 Å². The summed E-state index contributed by atoms with van der Waals surface area (Å²) in [5.74, 6) is -1.13. The maximum absolute atomic E-state index is 13.7. The first kappa shape index (κ1) is 16.5. The van der Waals surface area contributed by atoms with Gasteiger partial charge in [0, 0.05) is 13.1 Å². The van der Waals surface area contributed by atoms with Crippen LogP contribution in [0.2, 0.25) is 5.02 Å². The standard InChI is InChI=1S/C17H18ClFN2O/c1-21(2)11-13-7-4-3-6-12(13)10-20-17(22)16-14(18)8-5-9-15(16)19/h3-9H,10-11H2,1-2H3,(H,20,22). The molecule has 1 amide bonds. The molecule has 1 N–H and O–H groups in total. The molecule has 0 radical (unpaired) electrons. The summed E-state index contributed by atoms with van der Waals surface area (Å²) in [6.07, 6.45) is 0. The Bertz CT molecular complexity index is 653. The molecule has 0 spiro atoms. The number of amides is 1. The lowest BCUT2D eigenvalue weighted by Crippen LogP contribution is -2.25. The number of hydrogen-bond donors (Lipinski definition) is 1. The van der Waals surface area contributed by atoms with E-state index in [0.717, 1.165) is 17.7 Å². The van der Waals surface area contributed by atoms with E-state index >= 15 is 0 Å². The van der Waals surface area contributed by atoms with Crippen LogP contribution in [0.5, 0.6) is 0 Å². The molecular formula is C17H18ClFN2O. The number of hydrogen-bond acceptors (Lipinski definition) is 2. The van der Waals surface area contributed by atoms with E-state index in [2.05, 4.69) is 5.32 Å². The second-order valence-electron chi connectivity index (χ2n) is 5.29. The fourth-order valence-electron chi connectivity index (χ4n) is 2.20. The van der Waals surface area contributed by atoms with Gasteiger partial charge < -0.3 is 10.2 Å². The first-order valence-electron chi connectivity index (χ1n) is 6.92. The lowest BCUT2D eigenvalue weighted by atomic mass is 10.1. The third kappa shape index (κ3) is 4.06. The smallest absolute Gasteiger partial charge is 0.256 e. The minimum Gasteiger partial charge on any atom is -0.348 e. The Morgan fingerprint density at radius 3 is 2.45 bits per heavy atom. The summed E-state index contributed by atoms with van der Waals surface area (Å²) in [5.41, 5.74) is 2.00. The van der Waals surface area contributed by atoms with Crippen LogP contribution in [0.1, 0.15) is 21.5 Å². The van der Waals surface area contributed by atoms with Crippen LogP contribution in [0.15, 0.2) is 42.5 Å². The molecule has 116 valence electrons. The second kappa shape index (κ2) is 7.38. The molecule has 0 saturated carbocycles. The average molecular weight is 321 g/mol. The molecule has 0 bridgehead atoms. The van der Waals surface area contributed by atoms with Crippen LogP contribution in [0, 0.1) is 5.82 Å². The molecule has 2 rings (SSSR count). The van der Waals surface area contributed by atoms with Crippen molar-refractivity contribution in [3.63, 3.8) is 0 Å². The average Bonchev–Trinajstić information content (AvgIpc) is 2.45. The van der Waals surface area contributed by atoms with Crippen LogP contribution in [-0.2, 0) is 13.1 Å². The van der Waals surface area contributed by atoms with Gasteiger partial charge in [0.25, 0.3) is 5.91 Å². The summed E-state index contributed by atoms with van der Waals surface area (Å²) >= 11 is 5.90. The van der Waals surface area contributed by atoms with Crippen molar-refractivity contribution < 1.29 is 9.18 Å². The molecule has 0 aliphatic rings. The van der Waals surface area contributed by atoms with E-state index < -0.39 is 11.7 Å². The van der Waals surface area contributed by atoms with Crippen molar-refractivity contribution >= 4 is 17.5 Å². The summed E-state index contributed by atoms with van der Waals surface area (Å²) in [4.78, 5) is 14.2. The van der Waals surface area contributed by atoms with Gasteiger partial charge in [-0.25, -0.2) is 4.39 Å². The molecule has 0 aromatic heterocycles. The Balaban J connectivity index is 2.12. The van der Waals surface area contributed by atoms with E-state index in [9.17, 15) is 9.18 Å². The molecule has 0 aliphatic carbocycles. The Morgan fingerprint density at radius 1 is 1.14 bits per heavy atom. The Morgan fingerprint density at radius 2 is 1.82 bits per heavy atom. The molecule has 2 aromatic rings. The SMILES string of the molecule is CN(C)Cc1ccccc1CNC(=O)c1c(F)cccc1Cl. The van der Waals surface area contributed by atoms with Crippen molar-refractivity contribution in [2.45, 2.75) is 13.1 Å². The number of nitrogens with one attached hydrogen (secondary N) is 1. The van der Waals surface area contributed by atoms with Crippen molar-refractivity contribution in [3.8, 4) is 0 Å². The van der Waals surface area contributed by atoms with E-state index in [1.165, 1.54) is 18.2 Å². The molecule has 22 heavy (non-hydrogen) atoms. The van der Waals surface area contributed by atoms with E-state index in [0.29, 0.717) is 6.54 Å². The summed E-state index contributed by atoms with van der Waals surface area (Å²) in [5, 5.41) is 2.84. The zero-order chi connectivity index (χ0) is 16.1. The van der Waals surface area contributed by atoms with Gasteiger partial charge in [-0.3, -0.25) is 4.79 Å². The van der Waals surface area contributed by atoms with Gasteiger partial charge in [0.1, 0.15) is 5.82 Å². The maximum atomic E-state index is 13.7. The molecule has 0 fully saturated rings. The Kier molecular flexibility index (Phi) is 5.52. The number of carbonyl (C=O) groups is 1. The Hall–Kier alpha value is -1.91. The summed E-state index contributed by atoms with van der Waals surface area (Å²) in [6.45, 7) is 1.10. The predicted molar refractivity (Wildman–Crippen MR) is 86.4 cm³/mol. The first-order chi connectivity index (χ1) is 10.5. The summed E-state index contributed by atoms with van der Waals surface area (Å²) < 4.78 is 13.7. The van der Waals surface area contributed by atoms with Gasteiger partial charge in [0.2, 0.25) is 0 Å². The highest BCUT2D eigenvalue weighted by Gasteiger charge is 2.15. The highest BCUT2D eigenvalue weighted by molar-refractivity contribution is 6.33. The largest absolute Gasteiger partial charge is 0.348 e. The first-order valence-corrected chi connectivity index (χ1v) is 7.30.